The summed E-state index contributed by atoms with van der Waals surface area (Å²) < 4.78 is 15.9. The van der Waals surface area contributed by atoms with Gasteiger partial charge in [0.15, 0.2) is 5.82 Å². The molecular weight excluding hydrogens is 241 g/mol. The fraction of sp³-hybridized carbons (Fsp3) is 0.533. The van der Waals surface area contributed by atoms with Gasteiger partial charge >= 0.3 is 0 Å². The van der Waals surface area contributed by atoms with Gasteiger partial charge in [0.25, 0.3) is 0 Å². The maximum absolute atomic E-state index is 13.8. The monoisotopic (exact) mass is 263 g/mol. The molecule has 19 heavy (non-hydrogen) atoms. The van der Waals surface area contributed by atoms with Crippen molar-refractivity contribution in [3.8, 4) is 0 Å². The minimum absolute atomic E-state index is 0.238. The van der Waals surface area contributed by atoms with Gasteiger partial charge in [0.2, 0.25) is 0 Å². The lowest BCUT2D eigenvalue weighted by Gasteiger charge is -2.10. The second kappa shape index (κ2) is 6.15. The van der Waals surface area contributed by atoms with E-state index >= 15 is 0 Å². The summed E-state index contributed by atoms with van der Waals surface area (Å²) in [6.45, 7) is 8.96. The SMILES string of the molecule is CCCn1c(CNCC(C)C)nc2c(F)cccc21. The summed E-state index contributed by atoms with van der Waals surface area (Å²) in [5.74, 6) is 1.28. The van der Waals surface area contributed by atoms with Crippen molar-refractivity contribution in [2.24, 2.45) is 5.92 Å². The molecular formula is C15H22FN3. The first-order valence-electron chi connectivity index (χ1n) is 6.97. The van der Waals surface area contributed by atoms with Crippen molar-refractivity contribution in [2.45, 2.75) is 40.3 Å². The van der Waals surface area contributed by atoms with Crippen LogP contribution in [0.3, 0.4) is 0 Å². The van der Waals surface area contributed by atoms with Gasteiger partial charge in [0.05, 0.1) is 12.1 Å². The van der Waals surface area contributed by atoms with Crippen molar-refractivity contribution in [1.29, 1.82) is 0 Å². The molecule has 4 heteroatoms. The molecule has 1 heterocycles. The number of halogens is 1. The molecule has 0 unspecified atom stereocenters. The molecule has 104 valence electrons. The smallest absolute Gasteiger partial charge is 0.151 e. The Bertz CT molecular complexity index is 546. The Morgan fingerprint density at radius 3 is 2.84 bits per heavy atom. The molecule has 0 aliphatic carbocycles. The van der Waals surface area contributed by atoms with E-state index in [2.05, 4.69) is 35.6 Å². The number of aryl methyl sites for hydroxylation is 1. The summed E-state index contributed by atoms with van der Waals surface area (Å²) in [6, 6.07) is 5.15. The molecule has 0 saturated heterocycles. The Morgan fingerprint density at radius 1 is 1.37 bits per heavy atom. The van der Waals surface area contributed by atoms with Crippen molar-refractivity contribution in [2.75, 3.05) is 6.54 Å². The van der Waals surface area contributed by atoms with Crippen LogP contribution in [-0.4, -0.2) is 16.1 Å². The average molecular weight is 263 g/mol. The minimum atomic E-state index is -0.238. The third-order valence-electron chi connectivity index (χ3n) is 3.09. The zero-order chi connectivity index (χ0) is 13.8. The third-order valence-corrected chi connectivity index (χ3v) is 3.09. The van der Waals surface area contributed by atoms with Gasteiger partial charge in [-0.25, -0.2) is 9.37 Å². The first-order valence-corrected chi connectivity index (χ1v) is 6.97. The summed E-state index contributed by atoms with van der Waals surface area (Å²) in [6.07, 6.45) is 1.01. The van der Waals surface area contributed by atoms with Crippen molar-refractivity contribution >= 4 is 11.0 Å². The first kappa shape index (κ1) is 14.0. The maximum Gasteiger partial charge on any atom is 0.151 e. The molecule has 1 aromatic carbocycles. The average Bonchev–Trinajstić information content (AvgIpc) is 2.70. The normalized spacial score (nSPS) is 11.6. The quantitative estimate of drug-likeness (QED) is 0.866. The Kier molecular flexibility index (Phi) is 4.53. The van der Waals surface area contributed by atoms with E-state index in [0.717, 1.165) is 30.9 Å². The second-order valence-corrected chi connectivity index (χ2v) is 5.31. The van der Waals surface area contributed by atoms with E-state index in [4.69, 9.17) is 0 Å². The highest BCUT2D eigenvalue weighted by Crippen LogP contribution is 2.19. The van der Waals surface area contributed by atoms with Crippen molar-refractivity contribution in [1.82, 2.24) is 14.9 Å². The number of nitrogens with zero attached hydrogens (tertiary/aromatic N) is 2. The van der Waals surface area contributed by atoms with Crippen LogP contribution >= 0.6 is 0 Å². The molecule has 2 aromatic rings. The van der Waals surface area contributed by atoms with Crippen LogP contribution < -0.4 is 5.32 Å². The summed E-state index contributed by atoms with van der Waals surface area (Å²) in [7, 11) is 0. The predicted molar refractivity (Wildman–Crippen MR) is 76.5 cm³/mol. The van der Waals surface area contributed by atoms with Gasteiger partial charge in [-0.05, 0) is 31.0 Å². The molecule has 0 saturated carbocycles. The molecule has 0 spiro atoms. The van der Waals surface area contributed by atoms with E-state index < -0.39 is 0 Å². The third kappa shape index (κ3) is 3.13. The fourth-order valence-corrected chi connectivity index (χ4v) is 2.24. The molecule has 0 aliphatic heterocycles. The van der Waals surface area contributed by atoms with Crippen LogP contribution in [0.4, 0.5) is 4.39 Å². The van der Waals surface area contributed by atoms with E-state index in [-0.39, 0.29) is 5.82 Å². The van der Waals surface area contributed by atoms with Crippen molar-refractivity contribution in [3.05, 3.63) is 29.8 Å². The van der Waals surface area contributed by atoms with Gasteiger partial charge < -0.3 is 9.88 Å². The van der Waals surface area contributed by atoms with Crippen molar-refractivity contribution < 1.29 is 4.39 Å². The lowest BCUT2D eigenvalue weighted by atomic mass is 10.2. The van der Waals surface area contributed by atoms with Gasteiger partial charge in [0.1, 0.15) is 11.3 Å². The largest absolute Gasteiger partial charge is 0.327 e. The molecule has 0 aliphatic rings. The Labute approximate surface area is 113 Å². The van der Waals surface area contributed by atoms with Crippen LogP contribution in [0, 0.1) is 11.7 Å². The van der Waals surface area contributed by atoms with Crippen LogP contribution in [0.5, 0.6) is 0 Å². The van der Waals surface area contributed by atoms with Crippen LogP contribution in [0.25, 0.3) is 11.0 Å². The molecule has 0 radical (unpaired) electrons. The maximum atomic E-state index is 13.8. The van der Waals surface area contributed by atoms with E-state index in [0.29, 0.717) is 18.0 Å². The van der Waals surface area contributed by atoms with Crippen LogP contribution in [-0.2, 0) is 13.1 Å². The van der Waals surface area contributed by atoms with Crippen LogP contribution in [0.2, 0.25) is 0 Å². The summed E-state index contributed by atoms with van der Waals surface area (Å²) >= 11 is 0. The highest BCUT2D eigenvalue weighted by Gasteiger charge is 2.12. The predicted octanol–water partition coefficient (Wildman–Crippen LogP) is 3.33. The lowest BCUT2D eigenvalue weighted by Crippen LogP contribution is -2.21. The first-order chi connectivity index (χ1) is 9.13. The fourth-order valence-electron chi connectivity index (χ4n) is 2.24. The number of imidazole rings is 1. The molecule has 0 amide bonds. The van der Waals surface area contributed by atoms with Crippen molar-refractivity contribution in [3.63, 3.8) is 0 Å². The highest BCUT2D eigenvalue weighted by molar-refractivity contribution is 5.76. The number of aromatic nitrogens is 2. The number of hydrogen-bond acceptors (Lipinski definition) is 2. The number of para-hydroxylation sites is 1. The summed E-state index contributed by atoms with van der Waals surface area (Å²) in [4.78, 5) is 4.45. The van der Waals surface area contributed by atoms with Crippen LogP contribution in [0.15, 0.2) is 18.2 Å². The zero-order valence-corrected chi connectivity index (χ0v) is 11.9. The molecule has 0 bridgehead atoms. The molecule has 0 fully saturated rings. The standard InChI is InChI=1S/C15H22FN3/c1-4-8-19-13-7-5-6-12(16)15(13)18-14(19)10-17-9-11(2)3/h5-7,11,17H,4,8-10H2,1-3H3. The van der Waals surface area contributed by atoms with Gasteiger partial charge in [-0.1, -0.05) is 26.8 Å². The molecule has 3 nitrogen and oxygen atoms in total. The summed E-state index contributed by atoms with van der Waals surface area (Å²) in [5, 5.41) is 3.37. The summed E-state index contributed by atoms with van der Waals surface area (Å²) in [5.41, 5.74) is 1.38. The molecule has 1 N–H and O–H groups in total. The molecule has 2 rings (SSSR count). The Hall–Kier alpha value is -1.42. The van der Waals surface area contributed by atoms with E-state index in [9.17, 15) is 4.39 Å². The number of nitrogens with one attached hydrogen (secondary N) is 1. The minimum Gasteiger partial charge on any atom is -0.327 e. The van der Waals surface area contributed by atoms with Gasteiger partial charge in [-0.15, -0.1) is 0 Å². The number of rotatable bonds is 6. The van der Waals surface area contributed by atoms with Gasteiger partial charge in [-0.2, -0.15) is 0 Å². The highest BCUT2D eigenvalue weighted by atomic mass is 19.1. The van der Waals surface area contributed by atoms with E-state index in [1.165, 1.54) is 6.07 Å². The molecule has 1 aromatic heterocycles. The van der Waals surface area contributed by atoms with Gasteiger partial charge in [-0.3, -0.25) is 0 Å². The lowest BCUT2D eigenvalue weighted by molar-refractivity contribution is 0.528. The van der Waals surface area contributed by atoms with Crippen LogP contribution in [0.1, 0.15) is 33.0 Å². The second-order valence-electron chi connectivity index (χ2n) is 5.31. The number of hydrogen-bond donors (Lipinski definition) is 1. The molecule has 0 atom stereocenters. The Balaban J connectivity index is 2.30. The van der Waals surface area contributed by atoms with E-state index in [1.54, 1.807) is 6.07 Å². The van der Waals surface area contributed by atoms with E-state index in [1.807, 2.05) is 6.07 Å². The Morgan fingerprint density at radius 2 is 2.16 bits per heavy atom. The number of benzene rings is 1. The van der Waals surface area contributed by atoms with Gasteiger partial charge in [0, 0.05) is 6.54 Å². The topological polar surface area (TPSA) is 29.9 Å². The number of fused-ring (bicyclic) bond motifs is 1. The zero-order valence-electron chi connectivity index (χ0n) is 11.9.